The zero-order valence-corrected chi connectivity index (χ0v) is 14.4. The van der Waals surface area contributed by atoms with Gasteiger partial charge in [-0.25, -0.2) is 0 Å². The first-order chi connectivity index (χ1) is 10.9. The molecule has 0 fully saturated rings. The first kappa shape index (κ1) is 19.0. The van der Waals surface area contributed by atoms with Crippen molar-refractivity contribution in [1.29, 1.82) is 0 Å². The lowest BCUT2D eigenvalue weighted by atomic mass is 10.2. The van der Waals surface area contributed by atoms with Crippen LogP contribution in [0.2, 0.25) is 0 Å². The molecule has 2 amide bonds. The predicted octanol–water partition coefficient (Wildman–Crippen LogP) is -0.259. The van der Waals surface area contributed by atoms with Crippen molar-refractivity contribution in [3.8, 4) is 5.75 Å². The topological polar surface area (TPSA) is 71.9 Å². The third kappa shape index (κ3) is 8.21. The smallest absolute Gasteiger partial charge is 0.275 e. The largest absolute Gasteiger partial charge is 0.494 e. The molecule has 0 aliphatic heterocycles. The van der Waals surface area contributed by atoms with Crippen LogP contribution in [0.1, 0.15) is 26.3 Å². The molecular formula is C17H28N3O3+. The Morgan fingerprint density at radius 3 is 2.39 bits per heavy atom. The fraction of sp³-hybridized carbons (Fsp3) is 0.529. The standard InChI is InChI=1S/C17H27N3O3/c1-5-23-15-8-6-14(7-9-15)11-20(4)12-17(22)18-10-16(21)19-13(2)3/h6-9,13H,5,10-12H2,1-4H3,(H,18,22)(H,19,21)/p+1. The lowest BCUT2D eigenvalue weighted by Gasteiger charge is -2.14. The third-order valence-corrected chi connectivity index (χ3v) is 3.10. The van der Waals surface area contributed by atoms with E-state index in [0.29, 0.717) is 13.2 Å². The average molecular weight is 322 g/mol. The summed E-state index contributed by atoms with van der Waals surface area (Å²) in [4.78, 5) is 24.4. The van der Waals surface area contributed by atoms with E-state index in [1.165, 1.54) is 0 Å². The molecule has 0 aliphatic rings. The third-order valence-electron chi connectivity index (χ3n) is 3.10. The number of quaternary nitrogens is 1. The van der Waals surface area contributed by atoms with Crippen LogP contribution in [0.4, 0.5) is 0 Å². The Morgan fingerprint density at radius 2 is 1.83 bits per heavy atom. The molecule has 1 unspecified atom stereocenters. The summed E-state index contributed by atoms with van der Waals surface area (Å²) in [6, 6.07) is 7.95. The molecule has 0 radical (unpaired) electrons. The monoisotopic (exact) mass is 322 g/mol. The van der Waals surface area contributed by atoms with Gasteiger partial charge in [0.2, 0.25) is 5.91 Å². The van der Waals surface area contributed by atoms with E-state index in [-0.39, 0.29) is 24.4 Å². The molecule has 0 saturated heterocycles. The molecule has 0 aromatic heterocycles. The number of carbonyl (C=O) groups is 2. The number of benzene rings is 1. The molecule has 0 aliphatic carbocycles. The second-order valence-electron chi connectivity index (χ2n) is 5.89. The van der Waals surface area contributed by atoms with E-state index < -0.39 is 0 Å². The SMILES string of the molecule is CCOc1ccc(C[NH+](C)CC(=O)NCC(=O)NC(C)C)cc1. The highest BCUT2D eigenvalue weighted by atomic mass is 16.5. The summed E-state index contributed by atoms with van der Waals surface area (Å²) in [5, 5.41) is 5.37. The molecule has 1 aromatic rings. The van der Waals surface area contributed by atoms with Gasteiger partial charge in [-0.1, -0.05) is 0 Å². The van der Waals surface area contributed by atoms with Gasteiger partial charge in [0, 0.05) is 11.6 Å². The molecule has 23 heavy (non-hydrogen) atoms. The lowest BCUT2D eigenvalue weighted by molar-refractivity contribution is -0.885. The van der Waals surface area contributed by atoms with Crippen molar-refractivity contribution < 1.29 is 19.2 Å². The first-order valence-electron chi connectivity index (χ1n) is 7.99. The van der Waals surface area contributed by atoms with Crippen LogP contribution in [-0.2, 0) is 16.1 Å². The Hall–Kier alpha value is -2.08. The first-order valence-corrected chi connectivity index (χ1v) is 7.99. The number of rotatable bonds is 9. The van der Waals surface area contributed by atoms with Crippen LogP contribution in [0.3, 0.4) is 0 Å². The van der Waals surface area contributed by atoms with Crippen molar-refractivity contribution in [2.45, 2.75) is 33.4 Å². The van der Waals surface area contributed by atoms with E-state index in [1.54, 1.807) is 0 Å². The number of ether oxygens (including phenoxy) is 1. The summed E-state index contributed by atoms with van der Waals surface area (Å²) in [5.41, 5.74) is 1.14. The Labute approximate surface area is 138 Å². The van der Waals surface area contributed by atoms with Gasteiger partial charge in [-0.05, 0) is 45.0 Å². The van der Waals surface area contributed by atoms with Gasteiger partial charge in [-0.2, -0.15) is 0 Å². The molecule has 0 heterocycles. The molecule has 1 aromatic carbocycles. The summed E-state index contributed by atoms with van der Waals surface area (Å²) in [5.74, 6) is 0.549. The summed E-state index contributed by atoms with van der Waals surface area (Å²) in [6.45, 7) is 7.44. The highest BCUT2D eigenvalue weighted by molar-refractivity contribution is 5.85. The maximum absolute atomic E-state index is 11.8. The van der Waals surface area contributed by atoms with E-state index in [0.717, 1.165) is 22.8 Å². The number of carbonyl (C=O) groups excluding carboxylic acids is 2. The quantitative estimate of drug-likeness (QED) is 0.587. The zero-order chi connectivity index (χ0) is 17.2. The van der Waals surface area contributed by atoms with Gasteiger partial charge < -0.3 is 20.3 Å². The molecule has 128 valence electrons. The maximum Gasteiger partial charge on any atom is 0.275 e. The van der Waals surface area contributed by atoms with Crippen LogP contribution in [0, 0.1) is 0 Å². The number of likely N-dealkylation sites (N-methyl/N-ethyl adjacent to an activating group) is 1. The van der Waals surface area contributed by atoms with E-state index >= 15 is 0 Å². The fourth-order valence-corrected chi connectivity index (χ4v) is 2.17. The summed E-state index contributed by atoms with van der Waals surface area (Å²) >= 11 is 0. The minimum atomic E-state index is -0.169. The van der Waals surface area contributed by atoms with Gasteiger partial charge in [0.1, 0.15) is 12.3 Å². The zero-order valence-electron chi connectivity index (χ0n) is 14.4. The number of hydrogen-bond acceptors (Lipinski definition) is 3. The van der Waals surface area contributed by atoms with E-state index in [2.05, 4.69) is 10.6 Å². The molecule has 1 atom stereocenters. The van der Waals surface area contributed by atoms with Crippen molar-refractivity contribution in [2.75, 3.05) is 26.7 Å². The van der Waals surface area contributed by atoms with Crippen LogP contribution in [0.25, 0.3) is 0 Å². The number of hydrogen-bond donors (Lipinski definition) is 3. The molecule has 0 saturated carbocycles. The Balaban J connectivity index is 2.33. The van der Waals surface area contributed by atoms with Gasteiger partial charge in [-0.15, -0.1) is 0 Å². The van der Waals surface area contributed by atoms with Crippen LogP contribution in [-0.4, -0.2) is 44.6 Å². The summed E-state index contributed by atoms with van der Waals surface area (Å²) in [7, 11) is 1.95. The van der Waals surface area contributed by atoms with Gasteiger partial charge in [-0.3, -0.25) is 9.59 Å². The highest BCUT2D eigenvalue weighted by Gasteiger charge is 2.12. The Morgan fingerprint density at radius 1 is 1.17 bits per heavy atom. The Bertz CT molecular complexity index is 500. The fourth-order valence-electron chi connectivity index (χ4n) is 2.17. The number of nitrogens with one attached hydrogen (secondary N) is 3. The van der Waals surface area contributed by atoms with E-state index in [4.69, 9.17) is 4.74 Å². The van der Waals surface area contributed by atoms with Gasteiger partial charge >= 0.3 is 0 Å². The van der Waals surface area contributed by atoms with Crippen molar-refractivity contribution >= 4 is 11.8 Å². The summed E-state index contributed by atoms with van der Waals surface area (Å²) < 4.78 is 5.40. The highest BCUT2D eigenvalue weighted by Crippen LogP contribution is 2.11. The summed E-state index contributed by atoms with van der Waals surface area (Å²) in [6.07, 6.45) is 0. The van der Waals surface area contributed by atoms with Crippen molar-refractivity contribution in [3.63, 3.8) is 0 Å². The normalized spacial score (nSPS) is 11.9. The number of amides is 2. The Kier molecular flexibility index (Phi) is 8.11. The van der Waals surface area contributed by atoms with Crippen molar-refractivity contribution in [2.24, 2.45) is 0 Å². The maximum atomic E-state index is 11.8. The van der Waals surface area contributed by atoms with Crippen LogP contribution < -0.4 is 20.3 Å². The molecule has 0 spiro atoms. The molecule has 3 N–H and O–H groups in total. The second kappa shape index (κ2) is 9.84. The lowest BCUT2D eigenvalue weighted by Crippen LogP contribution is -3.08. The van der Waals surface area contributed by atoms with Gasteiger partial charge in [0.15, 0.2) is 6.54 Å². The van der Waals surface area contributed by atoms with Gasteiger partial charge in [0.05, 0.1) is 20.2 Å². The average Bonchev–Trinajstić information content (AvgIpc) is 2.47. The van der Waals surface area contributed by atoms with Gasteiger partial charge in [0.25, 0.3) is 5.91 Å². The van der Waals surface area contributed by atoms with Crippen LogP contribution in [0.15, 0.2) is 24.3 Å². The van der Waals surface area contributed by atoms with Crippen molar-refractivity contribution in [1.82, 2.24) is 10.6 Å². The van der Waals surface area contributed by atoms with Crippen LogP contribution >= 0.6 is 0 Å². The second-order valence-corrected chi connectivity index (χ2v) is 5.89. The minimum absolute atomic E-state index is 0.0212. The van der Waals surface area contributed by atoms with E-state index in [1.807, 2.05) is 52.1 Å². The minimum Gasteiger partial charge on any atom is -0.494 e. The van der Waals surface area contributed by atoms with Crippen LogP contribution in [0.5, 0.6) is 5.75 Å². The van der Waals surface area contributed by atoms with E-state index in [9.17, 15) is 9.59 Å². The van der Waals surface area contributed by atoms with Crippen molar-refractivity contribution in [3.05, 3.63) is 29.8 Å². The molecule has 6 heteroatoms. The molecule has 6 nitrogen and oxygen atoms in total. The molecule has 1 rings (SSSR count). The molecular weight excluding hydrogens is 294 g/mol. The predicted molar refractivity (Wildman–Crippen MR) is 89.4 cm³/mol. The molecule has 0 bridgehead atoms.